The fraction of sp³-hybridized carbons (Fsp3) is 0.615. The Morgan fingerprint density at radius 2 is 1.94 bits per heavy atom. The molecular formula is C13H21N3O. The zero-order valence-corrected chi connectivity index (χ0v) is 10.2. The summed E-state index contributed by atoms with van der Waals surface area (Å²) in [5.41, 5.74) is 11.8. The zero-order valence-electron chi connectivity index (χ0n) is 10.2. The average molecular weight is 235 g/mol. The lowest BCUT2D eigenvalue weighted by Crippen LogP contribution is -2.19. The van der Waals surface area contributed by atoms with Gasteiger partial charge in [0.05, 0.1) is 11.6 Å². The third-order valence-electron chi connectivity index (χ3n) is 2.89. The summed E-state index contributed by atoms with van der Waals surface area (Å²) in [6, 6.07) is 0.295. The molecule has 1 fully saturated rings. The summed E-state index contributed by atoms with van der Waals surface area (Å²) < 4.78 is 0. The summed E-state index contributed by atoms with van der Waals surface area (Å²) in [5, 5.41) is 8.63. The van der Waals surface area contributed by atoms with Gasteiger partial charge >= 0.3 is 0 Å². The molecule has 1 saturated carbocycles. The topological polar surface area (TPSA) is 84.6 Å². The maximum Gasteiger partial charge on any atom is 0.136 e. The molecule has 1 rings (SSSR count). The highest BCUT2D eigenvalue weighted by atomic mass is 16.2. The summed E-state index contributed by atoms with van der Waals surface area (Å²) in [6.07, 6.45) is 8.53. The lowest BCUT2D eigenvalue weighted by Gasteiger charge is -2.09. The maximum atomic E-state index is 8.63. The largest absolute Gasteiger partial charge is 0.403 e. The number of hydrogen-bond donors (Lipinski definition) is 3. The zero-order chi connectivity index (χ0) is 12.5. The normalized spacial score (nSPS) is 19.4. The van der Waals surface area contributed by atoms with Crippen molar-refractivity contribution >= 4 is 5.84 Å². The second-order valence-corrected chi connectivity index (χ2v) is 4.20. The second-order valence-electron chi connectivity index (χ2n) is 4.20. The van der Waals surface area contributed by atoms with E-state index in [0.29, 0.717) is 17.5 Å². The average Bonchev–Trinajstić information content (AvgIpc) is 2.58. The summed E-state index contributed by atoms with van der Waals surface area (Å²) in [6.45, 7) is -0.200. The van der Waals surface area contributed by atoms with E-state index in [1.54, 1.807) is 0 Å². The van der Waals surface area contributed by atoms with Gasteiger partial charge in [0, 0.05) is 6.20 Å². The molecule has 4 heteroatoms. The SMILES string of the molecule is N/C=C(/C#CCO)C(N)=NC1CCCCCC1. The van der Waals surface area contributed by atoms with Gasteiger partial charge in [0.15, 0.2) is 0 Å². The molecule has 0 spiro atoms. The van der Waals surface area contributed by atoms with Crippen LogP contribution in [0.1, 0.15) is 38.5 Å². The third-order valence-corrected chi connectivity index (χ3v) is 2.89. The molecule has 5 N–H and O–H groups in total. The molecule has 17 heavy (non-hydrogen) atoms. The molecule has 0 aromatic carbocycles. The standard InChI is InChI=1S/C13H21N3O/c14-10-11(6-5-9-17)13(15)16-12-7-3-1-2-4-8-12/h10,12,17H,1-4,7-9,14H2,(H2,15,16)/b11-10-. The number of rotatable bonds is 2. The van der Waals surface area contributed by atoms with Crippen LogP contribution in [0.25, 0.3) is 0 Å². The highest BCUT2D eigenvalue weighted by Crippen LogP contribution is 2.20. The molecule has 0 amide bonds. The molecule has 0 radical (unpaired) electrons. The Balaban J connectivity index is 2.68. The molecule has 0 aromatic rings. The first-order valence-electron chi connectivity index (χ1n) is 6.13. The monoisotopic (exact) mass is 235 g/mol. The lowest BCUT2D eigenvalue weighted by molar-refractivity contribution is 0.350. The van der Waals surface area contributed by atoms with Crippen LogP contribution in [0.5, 0.6) is 0 Å². The van der Waals surface area contributed by atoms with E-state index in [9.17, 15) is 0 Å². The maximum absolute atomic E-state index is 8.63. The molecule has 0 aliphatic heterocycles. The van der Waals surface area contributed by atoms with Crippen LogP contribution < -0.4 is 11.5 Å². The van der Waals surface area contributed by atoms with Gasteiger partial charge in [0.25, 0.3) is 0 Å². The Kier molecular flexibility index (Phi) is 6.19. The van der Waals surface area contributed by atoms with Gasteiger partial charge in [-0.05, 0) is 12.8 Å². The second kappa shape index (κ2) is 7.75. The fourth-order valence-electron chi connectivity index (χ4n) is 1.98. The summed E-state index contributed by atoms with van der Waals surface area (Å²) >= 11 is 0. The minimum absolute atomic E-state index is 0.200. The number of nitrogens with zero attached hydrogens (tertiary/aromatic N) is 1. The fourth-order valence-corrected chi connectivity index (χ4v) is 1.98. The molecule has 0 saturated heterocycles. The van der Waals surface area contributed by atoms with Crippen molar-refractivity contribution in [1.29, 1.82) is 0 Å². The van der Waals surface area contributed by atoms with Crippen molar-refractivity contribution in [3.05, 3.63) is 11.8 Å². The Morgan fingerprint density at radius 1 is 1.29 bits per heavy atom. The molecular weight excluding hydrogens is 214 g/mol. The van der Waals surface area contributed by atoms with Gasteiger partial charge in [0.1, 0.15) is 12.4 Å². The molecule has 0 atom stereocenters. The van der Waals surface area contributed by atoms with Crippen LogP contribution in [-0.4, -0.2) is 23.6 Å². The Bertz CT molecular complexity index is 341. The van der Waals surface area contributed by atoms with Crippen LogP contribution in [0.2, 0.25) is 0 Å². The van der Waals surface area contributed by atoms with E-state index in [4.69, 9.17) is 16.6 Å². The van der Waals surface area contributed by atoms with Crippen LogP contribution in [-0.2, 0) is 0 Å². The summed E-state index contributed by atoms with van der Waals surface area (Å²) in [4.78, 5) is 4.48. The van der Waals surface area contributed by atoms with E-state index >= 15 is 0 Å². The minimum atomic E-state index is -0.200. The van der Waals surface area contributed by atoms with Crippen LogP contribution in [0, 0.1) is 11.8 Å². The molecule has 0 unspecified atom stereocenters. The Labute approximate surface area is 103 Å². The number of hydrogen-bond acceptors (Lipinski definition) is 3. The quantitative estimate of drug-likeness (QED) is 0.288. The van der Waals surface area contributed by atoms with Gasteiger partial charge in [-0.25, -0.2) is 0 Å². The predicted molar refractivity (Wildman–Crippen MR) is 70.2 cm³/mol. The van der Waals surface area contributed by atoms with E-state index in [2.05, 4.69) is 16.8 Å². The predicted octanol–water partition coefficient (Wildman–Crippen LogP) is 0.905. The van der Waals surface area contributed by atoms with Crippen molar-refractivity contribution in [2.24, 2.45) is 16.5 Å². The van der Waals surface area contributed by atoms with Gasteiger partial charge in [-0.15, -0.1) is 0 Å². The van der Waals surface area contributed by atoms with Crippen LogP contribution in [0.15, 0.2) is 16.8 Å². The first kappa shape index (κ1) is 13.6. The number of aliphatic imine (C=N–C) groups is 1. The van der Waals surface area contributed by atoms with E-state index < -0.39 is 0 Å². The third kappa shape index (κ3) is 4.92. The van der Waals surface area contributed by atoms with Gasteiger partial charge in [-0.3, -0.25) is 4.99 Å². The van der Waals surface area contributed by atoms with Crippen molar-refractivity contribution in [1.82, 2.24) is 0 Å². The van der Waals surface area contributed by atoms with E-state index in [0.717, 1.165) is 12.8 Å². The lowest BCUT2D eigenvalue weighted by atomic mass is 10.1. The van der Waals surface area contributed by atoms with E-state index in [-0.39, 0.29) is 6.61 Å². The van der Waals surface area contributed by atoms with Gasteiger partial charge in [0.2, 0.25) is 0 Å². The first-order valence-corrected chi connectivity index (χ1v) is 6.13. The molecule has 0 heterocycles. The van der Waals surface area contributed by atoms with Gasteiger partial charge < -0.3 is 16.6 Å². The van der Waals surface area contributed by atoms with Crippen molar-refractivity contribution < 1.29 is 5.11 Å². The van der Waals surface area contributed by atoms with Crippen LogP contribution in [0.3, 0.4) is 0 Å². The molecule has 1 aliphatic carbocycles. The summed E-state index contributed by atoms with van der Waals surface area (Å²) in [5.74, 6) is 5.62. The van der Waals surface area contributed by atoms with Crippen LogP contribution in [0.4, 0.5) is 0 Å². The van der Waals surface area contributed by atoms with Gasteiger partial charge in [-0.1, -0.05) is 37.5 Å². The van der Waals surface area contributed by atoms with Crippen molar-refractivity contribution in [2.45, 2.75) is 44.6 Å². The highest BCUT2D eigenvalue weighted by Gasteiger charge is 2.11. The Hall–Kier alpha value is -1.47. The van der Waals surface area contributed by atoms with Crippen LogP contribution >= 0.6 is 0 Å². The van der Waals surface area contributed by atoms with Crippen molar-refractivity contribution in [3.8, 4) is 11.8 Å². The van der Waals surface area contributed by atoms with Gasteiger partial charge in [-0.2, -0.15) is 0 Å². The number of aliphatic hydroxyl groups excluding tert-OH is 1. The first-order chi connectivity index (χ1) is 8.27. The number of aliphatic hydroxyl groups is 1. The smallest absolute Gasteiger partial charge is 0.136 e. The van der Waals surface area contributed by atoms with E-state index in [1.165, 1.54) is 31.9 Å². The molecule has 4 nitrogen and oxygen atoms in total. The van der Waals surface area contributed by atoms with Crippen molar-refractivity contribution in [2.75, 3.05) is 6.61 Å². The molecule has 1 aliphatic rings. The summed E-state index contributed by atoms with van der Waals surface area (Å²) in [7, 11) is 0. The minimum Gasteiger partial charge on any atom is -0.403 e. The van der Waals surface area contributed by atoms with Crippen molar-refractivity contribution in [3.63, 3.8) is 0 Å². The molecule has 94 valence electrons. The number of amidine groups is 1. The molecule has 0 bridgehead atoms. The number of nitrogens with two attached hydrogens (primary N) is 2. The highest BCUT2D eigenvalue weighted by molar-refractivity contribution is 6.01. The Morgan fingerprint density at radius 3 is 2.47 bits per heavy atom. The van der Waals surface area contributed by atoms with E-state index in [1.807, 2.05) is 0 Å². The molecule has 0 aromatic heterocycles.